The number of nitrogens with zero attached hydrogens (tertiary/aromatic N) is 2. The number of guanidine groups is 1. The number of nitrogens with one attached hydrogen (secondary N) is 2. The third-order valence-electron chi connectivity index (χ3n) is 5.26. The van der Waals surface area contributed by atoms with Crippen LogP contribution in [0.25, 0.3) is 0 Å². The van der Waals surface area contributed by atoms with Gasteiger partial charge in [-0.15, -0.1) is 4.99 Å². The molecule has 2 aromatic rings. The van der Waals surface area contributed by atoms with Gasteiger partial charge in [-0.1, -0.05) is 79.9 Å². The van der Waals surface area contributed by atoms with E-state index in [4.69, 9.17) is 5.26 Å². The van der Waals surface area contributed by atoms with Gasteiger partial charge in [0.05, 0.1) is 0 Å². The zero-order valence-electron chi connectivity index (χ0n) is 15.1. The van der Waals surface area contributed by atoms with E-state index in [2.05, 4.69) is 58.1 Å². The van der Waals surface area contributed by atoms with Crippen molar-refractivity contribution in [2.24, 2.45) is 4.99 Å². The first-order valence-electron chi connectivity index (χ1n) is 9.36. The zero-order valence-corrected chi connectivity index (χ0v) is 15.1. The van der Waals surface area contributed by atoms with Gasteiger partial charge in [-0.2, -0.15) is 5.26 Å². The second-order valence-electron chi connectivity index (χ2n) is 6.96. The Morgan fingerprint density at radius 3 is 2.23 bits per heavy atom. The Kier molecular flexibility index (Phi) is 6.27. The van der Waals surface area contributed by atoms with Gasteiger partial charge >= 0.3 is 0 Å². The standard InChI is InChI=1S/C22H26N4/c23-18-26-21(24-16-19-10-4-1-5-11-19)25-17-22(14-8-3-9-15-22)20-12-6-2-7-13-20/h1-2,4-7,10-13H,3,8-9,14-17H2,(H2,24,25,26). The lowest BCUT2D eigenvalue weighted by atomic mass is 9.69. The Labute approximate surface area is 156 Å². The van der Waals surface area contributed by atoms with Crippen LogP contribution < -0.4 is 10.6 Å². The highest BCUT2D eigenvalue weighted by Gasteiger charge is 2.33. The molecule has 26 heavy (non-hydrogen) atoms. The fourth-order valence-corrected chi connectivity index (χ4v) is 3.81. The Bertz CT molecular complexity index is 741. The topological polar surface area (TPSA) is 60.2 Å². The highest BCUT2D eigenvalue weighted by atomic mass is 15.2. The van der Waals surface area contributed by atoms with Gasteiger partial charge in [-0.3, -0.25) is 0 Å². The van der Waals surface area contributed by atoms with E-state index in [0.717, 1.165) is 12.1 Å². The summed E-state index contributed by atoms with van der Waals surface area (Å²) in [5.74, 6) is 0.553. The lowest BCUT2D eigenvalue weighted by Crippen LogP contribution is -2.46. The summed E-state index contributed by atoms with van der Waals surface area (Å²) in [5.41, 5.74) is 2.66. The van der Waals surface area contributed by atoms with Crippen molar-refractivity contribution >= 4 is 5.96 Å². The molecule has 0 aromatic heterocycles. The minimum atomic E-state index is 0.115. The van der Waals surface area contributed by atoms with Crippen molar-refractivity contribution in [2.45, 2.75) is 44.1 Å². The van der Waals surface area contributed by atoms with Crippen molar-refractivity contribution in [1.29, 1.82) is 5.26 Å². The summed E-state index contributed by atoms with van der Waals surface area (Å²) >= 11 is 0. The predicted octanol–water partition coefficient (Wildman–Crippen LogP) is 4.10. The molecule has 2 aromatic carbocycles. The molecule has 0 heterocycles. The van der Waals surface area contributed by atoms with Crippen LogP contribution in [-0.2, 0) is 12.0 Å². The molecule has 0 radical (unpaired) electrons. The van der Waals surface area contributed by atoms with E-state index >= 15 is 0 Å². The first-order valence-corrected chi connectivity index (χ1v) is 9.36. The van der Waals surface area contributed by atoms with Crippen LogP contribution in [0.1, 0.15) is 43.2 Å². The maximum Gasteiger partial charge on any atom is 0.209 e. The van der Waals surface area contributed by atoms with E-state index in [1.165, 1.54) is 37.7 Å². The number of nitriles is 1. The molecule has 134 valence electrons. The lowest BCUT2D eigenvalue weighted by molar-refractivity contribution is 0.291. The van der Waals surface area contributed by atoms with Gasteiger partial charge in [-0.25, -0.2) is 0 Å². The van der Waals surface area contributed by atoms with Gasteiger partial charge in [0.1, 0.15) is 0 Å². The predicted molar refractivity (Wildman–Crippen MR) is 106 cm³/mol. The summed E-state index contributed by atoms with van der Waals surface area (Å²) in [6.45, 7) is 1.44. The summed E-state index contributed by atoms with van der Waals surface area (Å²) < 4.78 is 0. The first kappa shape index (κ1) is 18.0. The zero-order chi connectivity index (χ0) is 18.1. The monoisotopic (exact) mass is 346 g/mol. The van der Waals surface area contributed by atoms with Gasteiger partial charge in [0, 0.05) is 18.5 Å². The van der Waals surface area contributed by atoms with E-state index in [0.29, 0.717) is 12.5 Å². The number of hydrogen-bond acceptors (Lipinski definition) is 2. The molecule has 0 aliphatic heterocycles. The van der Waals surface area contributed by atoms with Gasteiger partial charge in [0.2, 0.25) is 12.2 Å². The lowest BCUT2D eigenvalue weighted by Gasteiger charge is -2.38. The van der Waals surface area contributed by atoms with Crippen LogP contribution in [0.15, 0.2) is 65.7 Å². The molecule has 0 unspecified atom stereocenters. The van der Waals surface area contributed by atoms with E-state index < -0.39 is 0 Å². The summed E-state index contributed by atoms with van der Waals surface area (Å²) in [6.07, 6.45) is 8.05. The quantitative estimate of drug-likeness (QED) is 0.487. The molecular formula is C22H26N4. The third kappa shape index (κ3) is 4.64. The second-order valence-corrected chi connectivity index (χ2v) is 6.96. The van der Waals surface area contributed by atoms with Crippen molar-refractivity contribution in [2.75, 3.05) is 6.54 Å². The molecule has 0 amide bonds. The van der Waals surface area contributed by atoms with Gasteiger partial charge in [0.15, 0.2) is 0 Å². The molecule has 0 atom stereocenters. The Balaban J connectivity index is 1.68. The minimum absolute atomic E-state index is 0.115. The average Bonchev–Trinajstić information content (AvgIpc) is 2.72. The maximum absolute atomic E-state index is 9.03. The normalized spacial score (nSPS) is 16.5. The molecule has 1 saturated carbocycles. The number of aliphatic imine (C=N–C) groups is 1. The van der Waals surface area contributed by atoms with Crippen LogP contribution in [0.3, 0.4) is 0 Å². The summed E-state index contributed by atoms with van der Waals surface area (Å²) in [7, 11) is 0. The summed E-state index contributed by atoms with van der Waals surface area (Å²) in [5, 5.41) is 15.7. The number of rotatable bonds is 5. The average molecular weight is 346 g/mol. The van der Waals surface area contributed by atoms with E-state index in [1.54, 1.807) is 0 Å². The Morgan fingerprint density at radius 1 is 0.923 bits per heavy atom. The number of benzene rings is 2. The Morgan fingerprint density at radius 2 is 1.58 bits per heavy atom. The van der Waals surface area contributed by atoms with Gasteiger partial charge in [0.25, 0.3) is 0 Å². The first-order chi connectivity index (χ1) is 12.8. The summed E-state index contributed by atoms with van der Waals surface area (Å²) in [4.78, 5) is 3.95. The molecule has 0 spiro atoms. The van der Waals surface area contributed by atoms with Crippen molar-refractivity contribution < 1.29 is 0 Å². The largest absolute Gasteiger partial charge is 0.355 e. The molecule has 2 N–H and O–H groups in total. The van der Waals surface area contributed by atoms with Gasteiger partial charge < -0.3 is 10.6 Å². The molecule has 0 saturated heterocycles. The molecule has 3 rings (SSSR count). The second kappa shape index (κ2) is 9.05. The minimum Gasteiger partial charge on any atom is -0.355 e. The van der Waals surface area contributed by atoms with Gasteiger partial charge in [-0.05, 0) is 24.0 Å². The molecule has 4 nitrogen and oxygen atoms in total. The molecule has 1 aliphatic rings. The van der Waals surface area contributed by atoms with Crippen LogP contribution in [0.5, 0.6) is 0 Å². The van der Waals surface area contributed by atoms with Crippen molar-refractivity contribution in [3.05, 3.63) is 71.8 Å². The smallest absolute Gasteiger partial charge is 0.209 e. The highest BCUT2D eigenvalue weighted by Crippen LogP contribution is 2.38. The number of hydrogen-bond donors (Lipinski definition) is 2. The third-order valence-corrected chi connectivity index (χ3v) is 5.26. The van der Waals surface area contributed by atoms with Crippen LogP contribution >= 0.6 is 0 Å². The fraction of sp³-hybridized carbons (Fsp3) is 0.364. The van der Waals surface area contributed by atoms with Crippen molar-refractivity contribution in [3.63, 3.8) is 0 Å². The molecular weight excluding hydrogens is 320 g/mol. The van der Waals surface area contributed by atoms with E-state index in [1.807, 2.05) is 24.4 Å². The van der Waals surface area contributed by atoms with Crippen LogP contribution in [-0.4, -0.2) is 12.5 Å². The fourth-order valence-electron chi connectivity index (χ4n) is 3.81. The highest BCUT2D eigenvalue weighted by molar-refractivity contribution is 5.80. The maximum atomic E-state index is 9.03. The molecule has 1 fully saturated rings. The van der Waals surface area contributed by atoms with Crippen LogP contribution in [0.4, 0.5) is 0 Å². The van der Waals surface area contributed by atoms with Crippen LogP contribution in [0, 0.1) is 11.5 Å². The van der Waals surface area contributed by atoms with Crippen molar-refractivity contribution in [3.8, 4) is 6.19 Å². The Hall–Kier alpha value is -2.80. The van der Waals surface area contributed by atoms with Crippen LogP contribution in [0.2, 0.25) is 0 Å². The van der Waals surface area contributed by atoms with Crippen molar-refractivity contribution in [1.82, 2.24) is 10.6 Å². The SMILES string of the molecule is N#C/N=C(\NCc1ccccc1)NCC1(c2ccccc2)CCCCC1. The van der Waals surface area contributed by atoms with E-state index in [-0.39, 0.29) is 5.41 Å². The van der Waals surface area contributed by atoms with E-state index in [9.17, 15) is 0 Å². The summed E-state index contributed by atoms with van der Waals surface area (Å²) in [6, 6.07) is 20.9. The molecule has 0 bridgehead atoms. The molecule has 4 heteroatoms. The molecule has 1 aliphatic carbocycles.